The third-order valence-electron chi connectivity index (χ3n) is 3.80. The van der Waals surface area contributed by atoms with Crippen LogP contribution in [0.1, 0.15) is 58.2 Å². The van der Waals surface area contributed by atoms with Gasteiger partial charge in [0.1, 0.15) is 5.82 Å². The Hall–Kier alpha value is -2.05. The highest BCUT2D eigenvalue weighted by Crippen LogP contribution is 2.37. The van der Waals surface area contributed by atoms with Crippen LogP contribution in [0.5, 0.6) is 0 Å². The summed E-state index contributed by atoms with van der Waals surface area (Å²) in [6, 6.07) is 2.29. The molecule has 134 valence electrons. The predicted molar refractivity (Wildman–Crippen MR) is 83.6 cm³/mol. The van der Waals surface area contributed by atoms with E-state index in [-0.39, 0.29) is 5.56 Å². The Balaban J connectivity index is 3.45. The number of alkyl halides is 2. The zero-order chi connectivity index (χ0) is 18.9. The van der Waals surface area contributed by atoms with Crippen molar-refractivity contribution >= 4 is 11.9 Å². The van der Waals surface area contributed by atoms with E-state index in [9.17, 15) is 27.9 Å². The molecule has 0 aliphatic heterocycles. The molecule has 1 aromatic rings. The van der Waals surface area contributed by atoms with E-state index in [4.69, 9.17) is 0 Å². The Bertz CT molecular complexity index is 638. The van der Waals surface area contributed by atoms with Gasteiger partial charge < -0.3 is 5.11 Å². The zero-order valence-electron chi connectivity index (χ0n) is 14.4. The molecule has 0 aromatic heterocycles. The number of carbonyl (C=O) groups excluding carboxylic acids is 1. The van der Waals surface area contributed by atoms with Gasteiger partial charge in [-0.25, -0.2) is 9.18 Å². The summed E-state index contributed by atoms with van der Waals surface area (Å²) in [5.74, 6) is -6.60. The van der Waals surface area contributed by atoms with E-state index in [0.717, 1.165) is 11.0 Å². The number of rotatable bonds is 5. The molecular weight excluding hydrogens is 323 g/mol. The minimum atomic E-state index is -3.95. The Morgan fingerprint density at radius 2 is 1.79 bits per heavy atom. The predicted octanol–water partition coefficient (Wildman–Crippen LogP) is 4.74. The van der Waals surface area contributed by atoms with E-state index in [2.05, 4.69) is 0 Å². The van der Waals surface area contributed by atoms with Crippen LogP contribution in [0.15, 0.2) is 18.2 Å². The summed E-state index contributed by atoms with van der Waals surface area (Å²) in [6.45, 7) is 7.55. The van der Waals surface area contributed by atoms with Crippen molar-refractivity contribution in [3.63, 3.8) is 0 Å². The lowest BCUT2D eigenvalue weighted by molar-refractivity contribution is -0.144. The molecule has 1 amide bonds. The van der Waals surface area contributed by atoms with Crippen LogP contribution in [0.25, 0.3) is 0 Å². The summed E-state index contributed by atoms with van der Waals surface area (Å²) < 4.78 is 42.9. The second-order valence-corrected chi connectivity index (χ2v) is 6.56. The summed E-state index contributed by atoms with van der Waals surface area (Å²) in [5.41, 5.74) is -2.10. The molecule has 1 N–H and O–H groups in total. The molecule has 0 spiro atoms. The average molecular weight is 345 g/mol. The zero-order valence-corrected chi connectivity index (χ0v) is 14.4. The molecule has 0 aliphatic carbocycles. The summed E-state index contributed by atoms with van der Waals surface area (Å²) >= 11 is 0. The van der Waals surface area contributed by atoms with Crippen LogP contribution >= 0.6 is 0 Å². The molecule has 7 heteroatoms. The second-order valence-electron chi connectivity index (χ2n) is 6.56. The van der Waals surface area contributed by atoms with Crippen LogP contribution in [0.2, 0.25) is 0 Å². The molecule has 0 radical (unpaired) electrons. The van der Waals surface area contributed by atoms with Gasteiger partial charge in [0.05, 0.1) is 11.6 Å². The normalized spacial score (nSPS) is 13.5. The number of Topliss-reactive ketones (excluding diaryl/α,β-unsaturated/α-hetero) is 1. The molecule has 4 nitrogen and oxygen atoms in total. The van der Waals surface area contributed by atoms with E-state index >= 15 is 0 Å². The first kappa shape index (κ1) is 20.0. The lowest BCUT2D eigenvalue weighted by Gasteiger charge is -2.38. The van der Waals surface area contributed by atoms with Crippen molar-refractivity contribution < 1.29 is 27.9 Å². The topological polar surface area (TPSA) is 57.6 Å². The summed E-state index contributed by atoms with van der Waals surface area (Å²) in [6.07, 6.45) is -1.73. The molecule has 1 rings (SSSR count). The fourth-order valence-electron chi connectivity index (χ4n) is 2.66. The molecule has 0 heterocycles. The van der Waals surface area contributed by atoms with E-state index in [1.807, 2.05) is 0 Å². The standard InChI is InChI=1S/C17H22F3NO3/c1-6-13(22)17(19,20)12-9-7-8-11(14(12)18)10(2)21(15(23)24)16(3,4)5/h7-10H,6H2,1-5H3,(H,23,24)/t10-/m1/s1. The smallest absolute Gasteiger partial charge is 0.408 e. The number of halogens is 3. The molecule has 0 fully saturated rings. The number of hydrogen-bond donors (Lipinski definition) is 1. The Morgan fingerprint density at radius 1 is 1.25 bits per heavy atom. The lowest BCUT2D eigenvalue weighted by Crippen LogP contribution is -2.46. The number of nitrogens with zero attached hydrogens (tertiary/aromatic N) is 1. The Labute approximate surface area is 139 Å². The van der Waals surface area contributed by atoms with E-state index in [1.54, 1.807) is 20.8 Å². The molecule has 0 bridgehead atoms. The van der Waals surface area contributed by atoms with Gasteiger partial charge in [0.25, 0.3) is 0 Å². The third-order valence-corrected chi connectivity index (χ3v) is 3.80. The van der Waals surface area contributed by atoms with E-state index in [1.165, 1.54) is 26.0 Å². The minimum absolute atomic E-state index is 0.201. The summed E-state index contributed by atoms with van der Waals surface area (Å²) in [5, 5.41) is 9.39. The number of amides is 1. The molecular formula is C17H22F3NO3. The van der Waals surface area contributed by atoms with E-state index < -0.39 is 47.2 Å². The molecule has 1 atom stereocenters. The summed E-state index contributed by atoms with van der Waals surface area (Å²) in [4.78, 5) is 23.9. The highest BCUT2D eigenvalue weighted by molar-refractivity contribution is 5.86. The maximum atomic E-state index is 14.7. The van der Waals surface area contributed by atoms with Crippen molar-refractivity contribution in [2.45, 2.75) is 58.5 Å². The molecule has 1 aromatic carbocycles. The molecule has 0 saturated heterocycles. The number of ketones is 1. The lowest BCUT2D eigenvalue weighted by atomic mass is 9.94. The van der Waals surface area contributed by atoms with Crippen molar-refractivity contribution in [3.8, 4) is 0 Å². The SMILES string of the molecule is CCC(=O)C(F)(F)c1cccc([C@@H](C)N(C(=O)O)C(C)(C)C)c1F. The van der Waals surface area contributed by atoms with Crippen molar-refractivity contribution in [2.24, 2.45) is 0 Å². The minimum Gasteiger partial charge on any atom is -0.465 e. The first-order valence-corrected chi connectivity index (χ1v) is 7.57. The van der Waals surface area contributed by atoms with E-state index in [0.29, 0.717) is 0 Å². The van der Waals surface area contributed by atoms with Crippen LogP contribution in [0.4, 0.5) is 18.0 Å². The van der Waals surface area contributed by atoms with Gasteiger partial charge in [0.15, 0.2) is 0 Å². The molecule has 0 unspecified atom stereocenters. The Morgan fingerprint density at radius 3 is 2.21 bits per heavy atom. The first-order chi connectivity index (χ1) is 10.9. The largest absolute Gasteiger partial charge is 0.465 e. The highest BCUT2D eigenvalue weighted by atomic mass is 19.3. The average Bonchev–Trinajstić information content (AvgIpc) is 2.44. The van der Waals surface area contributed by atoms with Crippen LogP contribution in [0.3, 0.4) is 0 Å². The number of hydrogen-bond acceptors (Lipinski definition) is 2. The van der Waals surface area contributed by atoms with Gasteiger partial charge in [-0.2, -0.15) is 8.78 Å². The van der Waals surface area contributed by atoms with Gasteiger partial charge in [0.2, 0.25) is 5.78 Å². The van der Waals surface area contributed by atoms with Crippen LogP contribution in [0, 0.1) is 5.82 Å². The van der Waals surface area contributed by atoms with Gasteiger partial charge in [-0.15, -0.1) is 0 Å². The Kier molecular flexibility index (Phi) is 5.69. The molecule has 0 aliphatic rings. The fraction of sp³-hybridized carbons (Fsp3) is 0.529. The van der Waals surface area contributed by atoms with Crippen molar-refractivity contribution in [1.82, 2.24) is 4.90 Å². The molecule has 0 saturated carbocycles. The summed E-state index contributed by atoms with van der Waals surface area (Å²) in [7, 11) is 0. The van der Waals surface area contributed by atoms with Crippen molar-refractivity contribution in [1.29, 1.82) is 0 Å². The monoisotopic (exact) mass is 345 g/mol. The number of carboxylic acid groups (broad SMARTS) is 1. The fourth-order valence-corrected chi connectivity index (χ4v) is 2.66. The number of benzene rings is 1. The van der Waals surface area contributed by atoms with Gasteiger partial charge in [-0.1, -0.05) is 19.1 Å². The van der Waals surface area contributed by atoms with Crippen LogP contribution in [-0.4, -0.2) is 27.4 Å². The number of carbonyl (C=O) groups is 2. The first-order valence-electron chi connectivity index (χ1n) is 7.57. The van der Waals surface area contributed by atoms with Gasteiger partial charge in [0, 0.05) is 17.5 Å². The van der Waals surface area contributed by atoms with Crippen molar-refractivity contribution in [2.75, 3.05) is 0 Å². The highest BCUT2D eigenvalue weighted by Gasteiger charge is 2.43. The van der Waals surface area contributed by atoms with Crippen LogP contribution in [-0.2, 0) is 10.7 Å². The molecule has 24 heavy (non-hydrogen) atoms. The van der Waals surface area contributed by atoms with Crippen molar-refractivity contribution in [3.05, 3.63) is 35.1 Å². The van der Waals surface area contributed by atoms with Gasteiger partial charge in [-0.05, 0) is 33.8 Å². The van der Waals surface area contributed by atoms with Gasteiger partial charge in [-0.3, -0.25) is 9.69 Å². The van der Waals surface area contributed by atoms with Gasteiger partial charge >= 0.3 is 12.0 Å². The second kappa shape index (κ2) is 6.83. The quantitative estimate of drug-likeness (QED) is 0.839. The maximum absolute atomic E-state index is 14.7. The third kappa shape index (κ3) is 3.71. The maximum Gasteiger partial charge on any atom is 0.408 e. The van der Waals surface area contributed by atoms with Crippen LogP contribution < -0.4 is 0 Å².